The molecule has 0 aliphatic heterocycles. The predicted molar refractivity (Wildman–Crippen MR) is 27.5 cm³/mol. The van der Waals surface area contributed by atoms with Gasteiger partial charge >= 0.3 is 5.88 Å². The van der Waals surface area contributed by atoms with Crippen LogP contribution in [-0.2, 0) is 0 Å². The van der Waals surface area contributed by atoms with Crippen molar-refractivity contribution >= 4 is 5.88 Å². The van der Waals surface area contributed by atoms with Gasteiger partial charge in [-0.3, -0.25) is 0 Å². The van der Waals surface area contributed by atoms with Crippen LogP contribution in [0.1, 0.15) is 5.69 Å². The van der Waals surface area contributed by atoms with Crippen LogP contribution in [-0.4, -0.2) is 5.16 Å². The summed E-state index contributed by atoms with van der Waals surface area (Å²) in [5, 5.41) is 3.50. The Bertz CT molecular complexity index is 221. The van der Waals surface area contributed by atoms with Crippen LogP contribution in [0.15, 0.2) is 10.6 Å². The lowest BCUT2D eigenvalue weighted by Gasteiger charge is -1.64. The molecule has 1 rings (SSSR count). The minimum absolute atomic E-state index is 0.252. The Morgan fingerprint density at radius 2 is 2.62 bits per heavy atom. The lowest BCUT2D eigenvalue weighted by Crippen LogP contribution is -1.59. The first kappa shape index (κ1) is 4.85. The maximum atomic E-state index is 6.45. The maximum absolute atomic E-state index is 6.45. The number of hydrogen-bond donors (Lipinski definition) is 0. The van der Waals surface area contributed by atoms with Gasteiger partial charge in [0.1, 0.15) is 0 Å². The van der Waals surface area contributed by atoms with Gasteiger partial charge < -0.3 is 4.52 Å². The van der Waals surface area contributed by atoms with E-state index in [0.29, 0.717) is 0 Å². The van der Waals surface area contributed by atoms with E-state index >= 15 is 0 Å². The summed E-state index contributed by atoms with van der Waals surface area (Å²) >= 11 is 0. The van der Waals surface area contributed by atoms with E-state index in [-0.39, 0.29) is 5.88 Å². The van der Waals surface area contributed by atoms with Crippen molar-refractivity contribution in [2.75, 3.05) is 0 Å². The molecule has 1 heterocycles. The average molecular weight is 108 g/mol. The molecule has 0 atom stereocenters. The number of aromatic nitrogens is 1. The molecule has 0 aliphatic carbocycles. The van der Waals surface area contributed by atoms with Gasteiger partial charge in [0.2, 0.25) is 0 Å². The standard InChI is InChI=1S/C5H4N2O/c1-4-3-5(6-2)8-7-4/h3H,1H3. The van der Waals surface area contributed by atoms with Crippen molar-refractivity contribution in [3.8, 4) is 0 Å². The summed E-state index contributed by atoms with van der Waals surface area (Å²) in [6, 6.07) is 1.59. The number of nitrogens with zero attached hydrogens (tertiary/aromatic N) is 2. The molecule has 0 spiro atoms. The van der Waals surface area contributed by atoms with E-state index in [1.165, 1.54) is 0 Å². The fourth-order valence-corrected chi connectivity index (χ4v) is 0.403. The van der Waals surface area contributed by atoms with Gasteiger partial charge in [0.05, 0.1) is 12.3 Å². The zero-order chi connectivity index (χ0) is 5.98. The van der Waals surface area contributed by atoms with Crippen molar-refractivity contribution in [1.29, 1.82) is 0 Å². The largest absolute Gasteiger partial charge is 0.371 e. The van der Waals surface area contributed by atoms with Crippen LogP contribution in [0, 0.1) is 13.5 Å². The molecule has 0 radical (unpaired) electrons. The third-order valence-electron chi connectivity index (χ3n) is 0.726. The van der Waals surface area contributed by atoms with Crippen molar-refractivity contribution in [2.45, 2.75) is 6.92 Å². The summed E-state index contributed by atoms with van der Waals surface area (Å²) < 4.78 is 4.51. The van der Waals surface area contributed by atoms with Crippen LogP contribution in [0.5, 0.6) is 0 Å². The van der Waals surface area contributed by atoms with Gasteiger partial charge in [-0.15, -0.1) is 5.16 Å². The van der Waals surface area contributed by atoms with Crippen molar-refractivity contribution < 1.29 is 4.52 Å². The molecule has 40 valence electrons. The van der Waals surface area contributed by atoms with E-state index in [2.05, 4.69) is 14.5 Å². The summed E-state index contributed by atoms with van der Waals surface area (Å²) in [5.74, 6) is 0.252. The fourth-order valence-electron chi connectivity index (χ4n) is 0.403. The van der Waals surface area contributed by atoms with Gasteiger partial charge in [0.25, 0.3) is 0 Å². The first-order chi connectivity index (χ1) is 3.83. The highest BCUT2D eigenvalue weighted by atomic mass is 16.5. The molecular weight excluding hydrogens is 104 g/mol. The summed E-state index contributed by atoms with van der Waals surface area (Å²) in [4.78, 5) is 3.01. The van der Waals surface area contributed by atoms with E-state index in [0.717, 1.165) is 5.69 Å². The Balaban J connectivity index is 3.05. The second kappa shape index (κ2) is 1.66. The van der Waals surface area contributed by atoms with Crippen LogP contribution in [0.3, 0.4) is 0 Å². The molecule has 0 bridgehead atoms. The molecule has 0 amide bonds. The predicted octanol–water partition coefficient (Wildman–Crippen LogP) is 1.53. The Kier molecular flexibility index (Phi) is 1.01. The molecule has 8 heavy (non-hydrogen) atoms. The second-order valence-electron chi connectivity index (χ2n) is 1.42. The van der Waals surface area contributed by atoms with Gasteiger partial charge in [0, 0.05) is 6.07 Å². The van der Waals surface area contributed by atoms with Crippen LogP contribution >= 0.6 is 0 Å². The fraction of sp³-hybridized carbons (Fsp3) is 0.200. The molecule has 0 unspecified atom stereocenters. The van der Waals surface area contributed by atoms with Crippen molar-refractivity contribution in [2.24, 2.45) is 0 Å². The second-order valence-corrected chi connectivity index (χ2v) is 1.42. The van der Waals surface area contributed by atoms with E-state index in [9.17, 15) is 0 Å². The Morgan fingerprint density at radius 1 is 1.88 bits per heavy atom. The lowest BCUT2D eigenvalue weighted by atomic mass is 10.5. The van der Waals surface area contributed by atoms with E-state index in [1.54, 1.807) is 13.0 Å². The zero-order valence-electron chi connectivity index (χ0n) is 4.38. The van der Waals surface area contributed by atoms with Gasteiger partial charge in [-0.1, -0.05) is 0 Å². The van der Waals surface area contributed by atoms with E-state index < -0.39 is 0 Å². The minimum Gasteiger partial charge on any atom is -0.371 e. The molecule has 3 heteroatoms. The molecule has 0 aliphatic rings. The number of hydrogen-bond acceptors (Lipinski definition) is 2. The van der Waals surface area contributed by atoms with E-state index in [4.69, 9.17) is 6.57 Å². The molecule has 3 nitrogen and oxygen atoms in total. The normalized spacial score (nSPS) is 8.50. The van der Waals surface area contributed by atoms with Gasteiger partial charge in [-0.2, -0.15) is 4.85 Å². The summed E-state index contributed by atoms with van der Waals surface area (Å²) in [6.45, 7) is 8.22. The van der Waals surface area contributed by atoms with Gasteiger partial charge in [-0.05, 0) is 6.92 Å². The zero-order valence-corrected chi connectivity index (χ0v) is 4.38. The molecule has 0 fully saturated rings. The third-order valence-corrected chi connectivity index (χ3v) is 0.726. The maximum Gasteiger partial charge on any atom is 0.367 e. The van der Waals surface area contributed by atoms with Crippen LogP contribution < -0.4 is 0 Å². The SMILES string of the molecule is [C-]#[N+]c1cc(C)no1. The van der Waals surface area contributed by atoms with E-state index in [1.807, 2.05) is 0 Å². The molecule has 0 N–H and O–H groups in total. The number of aryl methyl sites for hydroxylation is 1. The molecule has 1 aromatic heterocycles. The van der Waals surface area contributed by atoms with Crippen LogP contribution in [0.4, 0.5) is 5.88 Å². The number of rotatable bonds is 0. The lowest BCUT2D eigenvalue weighted by molar-refractivity contribution is 0.434. The molecule has 0 aromatic carbocycles. The third kappa shape index (κ3) is 0.684. The molecule has 0 saturated carbocycles. The highest BCUT2D eigenvalue weighted by Crippen LogP contribution is 2.10. The monoisotopic (exact) mass is 108 g/mol. The van der Waals surface area contributed by atoms with Crippen LogP contribution in [0.2, 0.25) is 0 Å². The molecule has 1 aromatic rings. The first-order valence-corrected chi connectivity index (χ1v) is 2.13. The highest BCUT2D eigenvalue weighted by molar-refractivity contribution is 5.31. The quantitative estimate of drug-likeness (QED) is 0.472. The highest BCUT2D eigenvalue weighted by Gasteiger charge is 1.94. The van der Waals surface area contributed by atoms with Crippen molar-refractivity contribution in [3.63, 3.8) is 0 Å². The van der Waals surface area contributed by atoms with Crippen molar-refractivity contribution in [1.82, 2.24) is 5.16 Å². The summed E-state index contributed by atoms with van der Waals surface area (Å²) in [7, 11) is 0. The van der Waals surface area contributed by atoms with Gasteiger partial charge in [0.15, 0.2) is 0 Å². The summed E-state index contributed by atoms with van der Waals surface area (Å²) in [5.41, 5.74) is 0.746. The smallest absolute Gasteiger partial charge is 0.367 e. The van der Waals surface area contributed by atoms with Gasteiger partial charge in [-0.25, -0.2) is 0 Å². The first-order valence-electron chi connectivity index (χ1n) is 2.13. The Labute approximate surface area is 46.7 Å². The van der Waals surface area contributed by atoms with Crippen molar-refractivity contribution in [3.05, 3.63) is 23.2 Å². The topological polar surface area (TPSA) is 30.4 Å². The van der Waals surface area contributed by atoms with Crippen LogP contribution in [0.25, 0.3) is 4.85 Å². The Morgan fingerprint density at radius 3 is 2.88 bits per heavy atom. The molecular formula is C5H4N2O. The molecule has 0 saturated heterocycles. The minimum atomic E-state index is 0.252. The Hall–Kier alpha value is -1.30. The average Bonchev–Trinajstić information content (AvgIpc) is 2.14. The summed E-state index contributed by atoms with van der Waals surface area (Å²) in [6.07, 6.45) is 0.